The van der Waals surface area contributed by atoms with Crippen LogP contribution in [0.4, 0.5) is 17.1 Å². The zero-order valence-corrected chi connectivity index (χ0v) is 14.9. The lowest BCUT2D eigenvalue weighted by Crippen LogP contribution is -2.29. The number of anilines is 3. The predicted molar refractivity (Wildman–Crippen MR) is 105 cm³/mol. The lowest BCUT2D eigenvalue weighted by atomic mass is 10.2. The number of H-pyrrole nitrogens is 1. The number of amides is 1. The number of benzene rings is 2. The van der Waals surface area contributed by atoms with E-state index in [2.05, 4.69) is 15.6 Å². The Morgan fingerprint density at radius 2 is 1.70 bits per heavy atom. The highest BCUT2D eigenvalue weighted by Crippen LogP contribution is 2.25. The van der Waals surface area contributed by atoms with E-state index in [-0.39, 0.29) is 18.9 Å². The van der Waals surface area contributed by atoms with E-state index in [0.29, 0.717) is 5.69 Å². The van der Waals surface area contributed by atoms with Crippen LogP contribution in [0.25, 0.3) is 0 Å². The van der Waals surface area contributed by atoms with Crippen LogP contribution in [0.2, 0.25) is 0 Å². The number of aryl methyl sites for hydroxylation is 2. The normalized spacial score (nSPS) is 10.4. The topological polar surface area (TPSA) is 96.0 Å². The Balaban J connectivity index is 1.66. The predicted octanol–water partition coefficient (Wildman–Crippen LogP) is 2.62. The maximum absolute atomic E-state index is 12.3. The quantitative estimate of drug-likeness (QED) is 0.626. The molecule has 0 spiro atoms. The summed E-state index contributed by atoms with van der Waals surface area (Å²) in [5.74, 6) is -0.230. The van der Waals surface area contributed by atoms with Crippen molar-refractivity contribution < 1.29 is 4.79 Å². The first-order chi connectivity index (χ1) is 13.0. The fourth-order valence-corrected chi connectivity index (χ4v) is 2.55. The van der Waals surface area contributed by atoms with Crippen molar-refractivity contribution in [3.63, 3.8) is 0 Å². The zero-order valence-electron chi connectivity index (χ0n) is 14.9. The van der Waals surface area contributed by atoms with Crippen LogP contribution in [0.15, 0.2) is 70.4 Å². The number of aromatic amines is 1. The minimum absolute atomic E-state index is 0.102. The van der Waals surface area contributed by atoms with E-state index < -0.39 is 11.2 Å². The number of hydrogen-bond acceptors (Lipinski definition) is 4. The van der Waals surface area contributed by atoms with Gasteiger partial charge in [-0.2, -0.15) is 0 Å². The summed E-state index contributed by atoms with van der Waals surface area (Å²) in [6.07, 6.45) is 1.48. The van der Waals surface area contributed by atoms with Gasteiger partial charge in [-0.05, 0) is 31.2 Å². The largest absolute Gasteiger partial charge is 0.354 e. The summed E-state index contributed by atoms with van der Waals surface area (Å²) < 4.78 is 1.29. The van der Waals surface area contributed by atoms with Crippen molar-refractivity contribution in [3.05, 3.63) is 87.2 Å². The van der Waals surface area contributed by atoms with Crippen LogP contribution in [0.1, 0.15) is 12.0 Å². The Morgan fingerprint density at radius 3 is 2.41 bits per heavy atom. The van der Waals surface area contributed by atoms with E-state index in [1.807, 2.05) is 49.4 Å². The molecule has 0 radical (unpaired) electrons. The molecule has 3 N–H and O–H groups in total. The summed E-state index contributed by atoms with van der Waals surface area (Å²) in [5, 5.41) is 6.14. The smallest absolute Gasteiger partial charge is 0.328 e. The van der Waals surface area contributed by atoms with Crippen molar-refractivity contribution in [3.8, 4) is 0 Å². The van der Waals surface area contributed by atoms with Crippen LogP contribution in [0.5, 0.6) is 0 Å². The van der Waals surface area contributed by atoms with Crippen LogP contribution >= 0.6 is 0 Å². The molecule has 0 bridgehead atoms. The molecule has 2 aromatic carbocycles. The summed E-state index contributed by atoms with van der Waals surface area (Å²) in [4.78, 5) is 37.2. The molecule has 1 amide bonds. The van der Waals surface area contributed by atoms with Crippen LogP contribution in [-0.4, -0.2) is 15.5 Å². The lowest BCUT2D eigenvalue weighted by molar-refractivity contribution is -0.116. The zero-order chi connectivity index (χ0) is 19.2. The minimum atomic E-state index is -0.531. The van der Waals surface area contributed by atoms with Gasteiger partial charge in [0.1, 0.15) is 0 Å². The Kier molecular flexibility index (Phi) is 5.51. The number of rotatable bonds is 6. The molecule has 0 unspecified atom stereocenters. The van der Waals surface area contributed by atoms with Gasteiger partial charge in [-0.15, -0.1) is 0 Å². The molecule has 1 aromatic heterocycles. The number of nitrogens with one attached hydrogen (secondary N) is 3. The van der Waals surface area contributed by atoms with Crippen LogP contribution in [0.3, 0.4) is 0 Å². The first-order valence-corrected chi connectivity index (χ1v) is 8.53. The second-order valence-corrected chi connectivity index (χ2v) is 6.14. The maximum Gasteiger partial charge on any atom is 0.328 e. The number of para-hydroxylation sites is 2. The number of nitrogens with zero attached hydrogens (tertiary/aromatic N) is 1. The number of hydrogen-bond donors (Lipinski definition) is 3. The van der Waals surface area contributed by atoms with Gasteiger partial charge >= 0.3 is 5.69 Å². The summed E-state index contributed by atoms with van der Waals surface area (Å²) >= 11 is 0. The molecular formula is C20H20N4O3. The van der Waals surface area contributed by atoms with E-state index in [4.69, 9.17) is 0 Å². The molecule has 0 aliphatic rings. The molecule has 7 heteroatoms. The van der Waals surface area contributed by atoms with Gasteiger partial charge in [0.15, 0.2) is 0 Å². The second-order valence-electron chi connectivity index (χ2n) is 6.14. The Morgan fingerprint density at radius 1 is 1.00 bits per heavy atom. The second kappa shape index (κ2) is 8.18. The maximum atomic E-state index is 12.3. The molecular weight excluding hydrogens is 344 g/mol. The van der Waals surface area contributed by atoms with E-state index in [0.717, 1.165) is 11.4 Å². The first-order valence-electron chi connectivity index (χ1n) is 8.53. The molecule has 0 saturated carbocycles. The molecule has 0 fully saturated rings. The molecule has 7 nitrogen and oxygen atoms in total. The standard InChI is InChI=1S/C20H20N4O3/c1-14-6-8-15(9-7-14)21-16-4-2-3-5-17(16)22-18(25)10-12-24-13-11-19(26)23-20(24)27/h2-9,11,13,21H,10,12H2,1H3,(H,22,25)(H,23,26,27). The highest BCUT2D eigenvalue weighted by Gasteiger charge is 2.08. The van der Waals surface area contributed by atoms with Crippen molar-refractivity contribution in [1.82, 2.24) is 9.55 Å². The molecule has 1 heterocycles. The van der Waals surface area contributed by atoms with Crippen LogP contribution < -0.4 is 21.9 Å². The average Bonchev–Trinajstić information content (AvgIpc) is 2.64. The minimum Gasteiger partial charge on any atom is -0.354 e. The Hall–Kier alpha value is -3.61. The van der Waals surface area contributed by atoms with Gasteiger partial charge in [-0.1, -0.05) is 29.8 Å². The molecule has 3 aromatic rings. The fraction of sp³-hybridized carbons (Fsp3) is 0.150. The van der Waals surface area contributed by atoms with E-state index >= 15 is 0 Å². The molecule has 0 saturated heterocycles. The lowest BCUT2D eigenvalue weighted by Gasteiger charge is -2.13. The van der Waals surface area contributed by atoms with E-state index in [1.54, 1.807) is 6.07 Å². The number of carbonyl (C=O) groups is 1. The molecule has 0 atom stereocenters. The SMILES string of the molecule is Cc1ccc(Nc2ccccc2NC(=O)CCn2ccc(=O)[nH]c2=O)cc1. The summed E-state index contributed by atoms with van der Waals surface area (Å²) in [7, 11) is 0. The van der Waals surface area contributed by atoms with Gasteiger partial charge in [0.05, 0.1) is 11.4 Å². The molecule has 0 aliphatic heterocycles. The Labute approximate surface area is 155 Å². The van der Waals surface area contributed by atoms with E-state index in [1.165, 1.54) is 22.4 Å². The van der Waals surface area contributed by atoms with Crippen molar-refractivity contribution in [2.24, 2.45) is 0 Å². The van der Waals surface area contributed by atoms with Gasteiger partial charge in [-0.3, -0.25) is 14.6 Å². The monoisotopic (exact) mass is 364 g/mol. The van der Waals surface area contributed by atoms with Gasteiger partial charge in [0.25, 0.3) is 5.56 Å². The third-order valence-electron chi connectivity index (χ3n) is 4.01. The third kappa shape index (κ3) is 4.94. The summed E-state index contributed by atoms with van der Waals surface area (Å²) in [6.45, 7) is 2.20. The van der Waals surface area contributed by atoms with Crippen molar-refractivity contribution >= 4 is 23.0 Å². The first kappa shape index (κ1) is 18.2. The van der Waals surface area contributed by atoms with Gasteiger partial charge in [0.2, 0.25) is 5.91 Å². The van der Waals surface area contributed by atoms with Crippen LogP contribution in [0, 0.1) is 6.92 Å². The molecule has 138 valence electrons. The Bertz CT molecular complexity index is 1050. The highest BCUT2D eigenvalue weighted by molar-refractivity contribution is 5.94. The third-order valence-corrected chi connectivity index (χ3v) is 4.01. The van der Waals surface area contributed by atoms with Crippen molar-refractivity contribution in [2.75, 3.05) is 10.6 Å². The van der Waals surface area contributed by atoms with Gasteiger partial charge in [-0.25, -0.2) is 4.79 Å². The van der Waals surface area contributed by atoms with Crippen LogP contribution in [-0.2, 0) is 11.3 Å². The van der Waals surface area contributed by atoms with Gasteiger partial charge in [0, 0.05) is 30.9 Å². The highest BCUT2D eigenvalue weighted by atomic mass is 16.2. The molecule has 27 heavy (non-hydrogen) atoms. The molecule has 3 rings (SSSR count). The fourth-order valence-electron chi connectivity index (χ4n) is 2.55. The van der Waals surface area contributed by atoms with Crippen molar-refractivity contribution in [1.29, 1.82) is 0 Å². The molecule has 0 aliphatic carbocycles. The number of aromatic nitrogens is 2. The summed E-state index contributed by atoms with van der Waals surface area (Å²) in [6, 6.07) is 16.6. The van der Waals surface area contributed by atoms with E-state index in [9.17, 15) is 14.4 Å². The van der Waals surface area contributed by atoms with Gasteiger partial charge < -0.3 is 15.2 Å². The average molecular weight is 364 g/mol. The van der Waals surface area contributed by atoms with Crippen molar-refractivity contribution in [2.45, 2.75) is 19.9 Å². The number of carbonyl (C=O) groups excluding carboxylic acids is 1. The summed E-state index contributed by atoms with van der Waals surface area (Å²) in [5.41, 5.74) is 2.52.